The Morgan fingerprint density at radius 3 is 2.73 bits per heavy atom. The first kappa shape index (κ1) is 13.9. The first-order chi connectivity index (χ1) is 10.9. The van der Waals surface area contributed by atoms with E-state index in [1.807, 2.05) is 12.3 Å². The van der Waals surface area contributed by atoms with Crippen molar-refractivity contribution >= 4 is 0 Å². The highest BCUT2D eigenvalue weighted by Gasteiger charge is 2.23. The molecule has 1 saturated heterocycles. The summed E-state index contributed by atoms with van der Waals surface area (Å²) in [6, 6.07) is 2.02. The third-order valence-corrected chi connectivity index (χ3v) is 4.36. The summed E-state index contributed by atoms with van der Waals surface area (Å²) in [6.45, 7) is 8.20. The summed E-state index contributed by atoms with van der Waals surface area (Å²) in [5.74, 6) is 2.15. The molecule has 0 aliphatic carbocycles. The minimum Gasteiger partial charge on any atom is -0.472 e. The van der Waals surface area contributed by atoms with Crippen LogP contribution in [0.5, 0.6) is 0 Å². The first-order valence-electron chi connectivity index (χ1n) is 7.83. The zero-order valence-electron chi connectivity index (χ0n) is 12.6. The van der Waals surface area contributed by atoms with Crippen molar-refractivity contribution in [1.82, 2.24) is 24.6 Å². The number of ether oxygens (including phenoxy) is 1. The zero-order valence-corrected chi connectivity index (χ0v) is 12.6. The van der Waals surface area contributed by atoms with Crippen molar-refractivity contribution < 1.29 is 9.15 Å². The van der Waals surface area contributed by atoms with E-state index in [-0.39, 0.29) is 0 Å². The van der Waals surface area contributed by atoms with Gasteiger partial charge in [0, 0.05) is 38.3 Å². The van der Waals surface area contributed by atoms with Crippen molar-refractivity contribution in [3.63, 3.8) is 0 Å². The molecule has 22 heavy (non-hydrogen) atoms. The fraction of sp³-hybridized carbons (Fsp3) is 0.600. The molecule has 7 heteroatoms. The fourth-order valence-electron chi connectivity index (χ4n) is 3.12. The van der Waals surface area contributed by atoms with Crippen molar-refractivity contribution in [2.24, 2.45) is 0 Å². The summed E-state index contributed by atoms with van der Waals surface area (Å²) in [5, 5.41) is 8.80. The summed E-state index contributed by atoms with van der Waals surface area (Å²) in [7, 11) is 0. The van der Waals surface area contributed by atoms with Gasteiger partial charge >= 0.3 is 0 Å². The molecule has 0 saturated carbocycles. The van der Waals surface area contributed by atoms with Gasteiger partial charge in [-0.1, -0.05) is 0 Å². The van der Waals surface area contributed by atoms with Crippen molar-refractivity contribution in [3.8, 4) is 0 Å². The maximum absolute atomic E-state index is 5.40. The molecule has 2 aromatic heterocycles. The minimum absolute atomic E-state index is 0.819. The van der Waals surface area contributed by atoms with Crippen LogP contribution in [0.1, 0.15) is 17.2 Å². The molecule has 7 nitrogen and oxygen atoms in total. The van der Waals surface area contributed by atoms with Crippen LogP contribution in [0.4, 0.5) is 0 Å². The zero-order chi connectivity index (χ0) is 14.8. The van der Waals surface area contributed by atoms with Crippen molar-refractivity contribution in [1.29, 1.82) is 0 Å². The third kappa shape index (κ3) is 2.92. The van der Waals surface area contributed by atoms with Gasteiger partial charge in [-0.3, -0.25) is 9.80 Å². The molecule has 0 spiro atoms. The van der Waals surface area contributed by atoms with Gasteiger partial charge in [0.1, 0.15) is 11.6 Å². The lowest BCUT2D eigenvalue weighted by molar-refractivity contribution is 0.0323. The number of aromatic nitrogens is 3. The van der Waals surface area contributed by atoms with Crippen LogP contribution in [0.25, 0.3) is 0 Å². The molecule has 0 bridgehead atoms. The Labute approximate surface area is 129 Å². The topological polar surface area (TPSA) is 59.6 Å². The molecule has 118 valence electrons. The molecule has 2 aromatic rings. The molecule has 1 fully saturated rings. The Balaban J connectivity index is 1.41. The van der Waals surface area contributed by atoms with Crippen LogP contribution in [-0.4, -0.2) is 57.4 Å². The fourth-order valence-corrected chi connectivity index (χ4v) is 3.12. The second-order valence-electron chi connectivity index (χ2n) is 5.91. The highest BCUT2D eigenvalue weighted by Crippen LogP contribution is 2.16. The van der Waals surface area contributed by atoms with Crippen LogP contribution in [0.2, 0.25) is 0 Å². The molecule has 0 amide bonds. The van der Waals surface area contributed by atoms with Crippen LogP contribution in [-0.2, 0) is 30.9 Å². The van der Waals surface area contributed by atoms with Crippen LogP contribution in [0, 0.1) is 0 Å². The highest BCUT2D eigenvalue weighted by atomic mass is 16.5. The van der Waals surface area contributed by atoms with Crippen LogP contribution in [0.3, 0.4) is 0 Å². The highest BCUT2D eigenvalue weighted by molar-refractivity contribution is 5.06. The van der Waals surface area contributed by atoms with E-state index in [0.717, 1.165) is 70.7 Å². The van der Waals surface area contributed by atoms with E-state index in [2.05, 4.69) is 24.6 Å². The van der Waals surface area contributed by atoms with Crippen LogP contribution in [0.15, 0.2) is 23.0 Å². The van der Waals surface area contributed by atoms with Gasteiger partial charge < -0.3 is 13.7 Å². The van der Waals surface area contributed by atoms with Crippen molar-refractivity contribution in [3.05, 3.63) is 35.8 Å². The van der Waals surface area contributed by atoms with Gasteiger partial charge in [0.25, 0.3) is 0 Å². The molecule has 0 unspecified atom stereocenters. The van der Waals surface area contributed by atoms with Crippen LogP contribution >= 0.6 is 0 Å². The maximum atomic E-state index is 5.40. The SMILES string of the molecule is c1cc(CN2CCn3c(CN4CCOCC4)nnc3C2)co1. The van der Waals surface area contributed by atoms with E-state index in [9.17, 15) is 0 Å². The monoisotopic (exact) mass is 303 g/mol. The predicted molar refractivity (Wildman–Crippen MR) is 78.9 cm³/mol. The molecule has 0 radical (unpaired) electrons. The summed E-state index contributed by atoms with van der Waals surface area (Å²) >= 11 is 0. The van der Waals surface area contributed by atoms with Crippen molar-refractivity contribution in [2.75, 3.05) is 32.8 Å². The molecule has 4 rings (SSSR count). The standard InChI is InChI=1S/C15H21N5O2/c1-6-22-12-13(1)9-19-2-3-20-14(16-17-15(20)11-19)10-18-4-7-21-8-5-18/h1,6,12H,2-5,7-11H2. The summed E-state index contributed by atoms with van der Waals surface area (Å²) in [6.07, 6.45) is 3.53. The maximum Gasteiger partial charge on any atom is 0.147 e. The molecule has 2 aliphatic heterocycles. The van der Waals surface area contributed by atoms with Crippen molar-refractivity contribution in [2.45, 2.75) is 26.2 Å². The largest absolute Gasteiger partial charge is 0.472 e. The smallest absolute Gasteiger partial charge is 0.147 e. The normalized spacial score (nSPS) is 20.2. The van der Waals surface area contributed by atoms with Gasteiger partial charge in [-0.15, -0.1) is 10.2 Å². The van der Waals surface area contributed by atoms with E-state index < -0.39 is 0 Å². The van der Waals surface area contributed by atoms with E-state index in [0.29, 0.717) is 0 Å². The van der Waals surface area contributed by atoms with Gasteiger partial charge in [0.2, 0.25) is 0 Å². The Bertz CT molecular complexity index is 603. The lowest BCUT2D eigenvalue weighted by atomic mass is 10.2. The number of furan rings is 1. The Morgan fingerprint density at radius 2 is 1.91 bits per heavy atom. The van der Waals surface area contributed by atoms with E-state index in [4.69, 9.17) is 9.15 Å². The Hall–Kier alpha value is -1.70. The van der Waals surface area contributed by atoms with Gasteiger partial charge in [-0.25, -0.2) is 0 Å². The molecule has 0 N–H and O–H groups in total. The Morgan fingerprint density at radius 1 is 1.00 bits per heavy atom. The number of fused-ring (bicyclic) bond motifs is 1. The molecule has 0 atom stereocenters. The number of hydrogen-bond donors (Lipinski definition) is 0. The lowest BCUT2D eigenvalue weighted by Gasteiger charge is -2.29. The average molecular weight is 303 g/mol. The average Bonchev–Trinajstić information content (AvgIpc) is 3.19. The number of rotatable bonds is 4. The number of nitrogens with zero attached hydrogens (tertiary/aromatic N) is 5. The van der Waals surface area contributed by atoms with E-state index >= 15 is 0 Å². The third-order valence-electron chi connectivity index (χ3n) is 4.36. The second kappa shape index (κ2) is 6.20. The van der Waals surface area contributed by atoms with Gasteiger partial charge in [0.15, 0.2) is 0 Å². The predicted octanol–water partition coefficient (Wildman–Crippen LogP) is 0.719. The van der Waals surface area contributed by atoms with Gasteiger partial charge in [0.05, 0.1) is 38.8 Å². The minimum atomic E-state index is 0.819. The van der Waals surface area contributed by atoms with Gasteiger partial charge in [-0.2, -0.15) is 0 Å². The summed E-state index contributed by atoms with van der Waals surface area (Å²) in [5.41, 5.74) is 1.21. The quantitative estimate of drug-likeness (QED) is 0.829. The Kier molecular flexibility index (Phi) is 3.92. The number of morpholine rings is 1. The van der Waals surface area contributed by atoms with E-state index in [1.54, 1.807) is 6.26 Å². The number of hydrogen-bond acceptors (Lipinski definition) is 6. The van der Waals surface area contributed by atoms with E-state index in [1.165, 1.54) is 5.56 Å². The second-order valence-corrected chi connectivity index (χ2v) is 5.91. The van der Waals surface area contributed by atoms with Gasteiger partial charge in [-0.05, 0) is 6.07 Å². The lowest BCUT2D eigenvalue weighted by Crippen LogP contribution is -2.38. The summed E-state index contributed by atoms with van der Waals surface area (Å²) < 4.78 is 12.8. The molecule has 2 aliphatic rings. The first-order valence-corrected chi connectivity index (χ1v) is 7.83. The molecular weight excluding hydrogens is 282 g/mol. The molecule has 4 heterocycles. The molecular formula is C15H21N5O2. The summed E-state index contributed by atoms with van der Waals surface area (Å²) in [4.78, 5) is 4.77. The van der Waals surface area contributed by atoms with Crippen LogP contribution < -0.4 is 0 Å². The molecule has 0 aromatic carbocycles.